The predicted octanol–water partition coefficient (Wildman–Crippen LogP) is 2.75. The van der Waals surface area contributed by atoms with E-state index in [4.69, 9.17) is 17.3 Å². The van der Waals surface area contributed by atoms with Gasteiger partial charge >= 0.3 is 0 Å². The van der Waals surface area contributed by atoms with Gasteiger partial charge in [-0.1, -0.05) is 35.8 Å². The van der Waals surface area contributed by atoms with Gasteiger partial charge in [-0.25, -0.2) is 0 Å². The minimum atomic E-state index is 0.226. The molecular weight excluding hydrogens is 235 g/mol. The predicted molar refractivity (Wildman–Crippen MR) is 79.2 cm³/mol. The summed E-state index contributed by atoms with van der Waals surface area (Å²) in [6.45, 7) is 4.32. The van der Waals surface area contributed by atoms with Gasteiger partial charge in [0.25, 0.3) is 0 Å². The average molecular weight is 252 g/mol. The van der Waals surface area contributed by atoms with Gasteiger partial charge in [0, 0.05) is 12.7 Å². The number of hydrogen-bond acceptors (Lipinski definition) is 2. The first kappa shape index (κ1) is 13.7. The Morgan fingerprint density at radius 3 is 2.47 bits per heavy atom. The summed E-state index contributed by atoms with van der Waals surface area (Å²) in [5.41, 5.74) is 5.00. The lowest BCUT2D eigenvalue weighted by Gasteiger charge is -2.16. The zero-order valence-corrected chi connectivity index (χ0v) is 11.6. The number of hydrogen-bond donors (Lipinski definition) is 0. The minimum absolute atomic E-state index is 0.226. The summed E-state index contributed by atoms with van der Waals surface area (Å²) in [7, 11) is 7.67. The number of ether oxygens (including phenoxy) is 2. The van der Waals surface area contributed by atoms with Gasteiger partial charge in [0.2, 0.25) is 0 Å². The van der Waals surface area contributed by atoms with Crippen molar-refractivity contribution >= 4 is 13.3 Å². The van der Waals surface area contributed by atoms with Crippen LogP contribution in [0.1, 0.15) is 11.1 Å². The highest BCUT2D eigenvalue weighted by molar-refractivity contribution is 6.36. The molecule has 0 spiro atoms. The fraction of sp³-hybridized carbons (Fsp3) is 0.250. The van der Waals surface area contributed by atoms with Crippen molar-refractivity contribution in [2.75, 3.05) is 13.9 Å². The third-order valence-electron chi connectivity index (χ3n) is 2.99. The summed E-state index contributed by atoms with van der Waals surface area (Å²) in [6, 6.07) is 12.0. The molecule has 0 heterocycles. The summed E-state index contributed by atoms with van der Waals surface area (Å²) in [6.07, 6.45) is 0. The number of benzene rings is 2. The zero-order valence-electron chi connectivity index (χ0n) is 11.6. The van der Waals surface area contributed by atoms with Gasteiger partial charge in [-0.2, -0.15) is 0 Å². The fourth-order valence-electron chi connectivity index (χ4n) is 2.21. The number of aryl methyl sites for hydroxylation is 2. The van der Waals surface area contributed by atoms with Crippen LogP contribution >= 0.6 is 0 Å². The van der Waals surface area contributed by atoms with Crippen LogP contribution in [0.3, 0.4) is 0 Å². The Kier molecular flexibility index (Phi) is 4.28. The molecule has 0 aromatic heterocycles. The van der Waals surface area contributed by atoms with Crippen molar-refractivity contribution in [2.45, 2.75) is 13.8 Å². The summed E-state index contributed by atoms with van der Waals surface area (Å²) in [5.74, 6) is 0.824. The average Bonchev–Trinajstić information content (AvgIpc) is 2.37. The van der Waals surface area contributed by atoms with Gasteiger partial charge < -0.3 is 9.47 Å². The lowest BCUT2D eigenvalue weighted by atomic mass is 9.86. The molecule has 0 aliphatic carbocycles. The van der Waals surface area contributed by atoms with Crippen LogP contribution in [0.15, 0.2) is 36.4 Å². The van der Waals surface area contributed by atoms with E-state index in [1.165, 1.54) is 5.56 Å². The molecule has 0 atom stereocenters. The maximum absolute atomic E-state index is 6.06. The molecule has 2 nitrogen and oxygen atoms in total. The van der Waals surface area contributed by atoms with E-state index in [1.807, 2.05) is 31.2 Å². The molecule has 2 radical (unpaired) electrons. The molecular formula is C16H17BO2. The van der Waals surface area contributed by atoms with E-state index < -0.39 is 0 Å². The fourth-order valence-corrected chi connectivity index (χ4v) is 2.21. The lowest BCUT2D eigenvalue weighted by Crippen LogP contribution is -2.08. The second-order valence-electron chi connectivity index (χ2n) is 4.60. The number of methoxy groups -OCH3 is 1. The first-order valence-corrected chi connectivity index (χ1v) is 6.21. The standard InChI is InChI=1S/C16H17BO2/c1-11-8-12(2)16(19-10-18-3)14(9-11)13-6-4-5-7-15(13)17/h4-9H,10H2,1-3H3. The molecule has 0 aliphatic heterocycles. The molecule has 0 saturated heterocycles. The van der Waals surface area contributed by atoms with Gasteiger partial charge in [-0.15, -0.1) is 0 Å². The van der Waals surface area contributed by atoms with E-state index >= 15 is 0 Å². The molecule has 0 bridgehead atoms. The molecule has 0 amide bonds. The number of rotatable bonds is 4. The smallest absolute Gasteiger partial charge is 0.188 e. The maximum Gasteiger partial charge on any atom is 0.188 e. The van der Waals surface area contributed by atoms with Crippen molar-refractivity contribution in [3.05, 3.63) is 47.5 Å². The summed E-state index contributed by atoms with van der Waals surface area (Å²) in [4.78, 5) is 0. The zero-order chi connectivity index (χ0) is 13.8. The third-order valence-corrected chi connectivity index (χ3v) is 2.99. The van der Waals surface area contributed by atoms with Crippen molar-refractivity contribution in [2.24, 2.45) is 0 Å². The molecule has 0 N–H and O–H groups in total. The van der Waals surface area contributed by atoms with Crippen LogP contribution in [-0.2, 0) is 4.74 Å². The first-order valence-electron chi connectivity index (χ1n) is 6.21. The van der Waals surface area contributed by atoms with Crippen LogP contribution in [0.4, 0.5) is 0 Å². The van der Waals surface area contributed by atoms with Crippen molar-refractivity contribution in [3.8, 4) is 16.9 Å². The van der Waals surface area contributed by atoms with Gasteiger partial charge in [0.1, 0.15) is 13.6 Å². The topological polar surface area (TPSA) is 18.5 Å². The van der Waals surface area contributed by atoms with E-state index in [9.17, 15) is 0 Å². The van der Waals surface area contributed by atoms with Crippen molar-refractivity contribution in [1.29, 1.82) is 0 Å². The summed E-state index contributed by atoms with van der Waals surface area (Å²) in [5, 5.41) is 0. The van der Waals surface area contributed by atoms with Gasteiger partial charge in [-0.05, 0) is 36.6 Å². The second kappa shape index (κ2) is 5.94. The molecule has 2 aromatic carbocycles. The quantitative estimate of drug-likeness (QED) is 0.615. The molecule has 0 fully saturated rings. The van der Waals surface area contributed by atoms with Crippen molar-refractivity contribution in [3.63, 3.8) is 0 Å². The van der Waals surface area contributed by atoms with Gasteiger partial charge in [0.05, 0.1) is 0 Å². The molecule has 2 rings (SSSR count). The van der Waals surface area contributed by atoms with Crippen LogP contribution in [0.25, 0.3) is 11.1 Å². The lowest BCUT2D eigenvalue weighted by molar-refractivity contribution is 0.0510. The Hall–Kier alpha value is -1.74. The van der Waals surface area contributed by atoms with E-state index in [0.717, 1.165) is 27.9 Å². The Morgan fingerprint density at radius 2 is 1.79 bits per heavy atom. The Bertz CT molecular complexity index is 579. The molecule has 0 unspecified atom stereocenters. The van der Waals surface area contributed by atoms with Gasteiger partial charge in [-0.3, -0.25) is 0 Å². The normalized spacial score (nSPS) is 10.5. The molecule has 96 valence electrons. The van der Waals surface area contributed by atoms with Crippen LogP contribution in [-0.4, -0.2) is 21.7 Å². The third kappa shape index (κ3) is 2.99. The SMILES string of the molecule is [B]c1ccccc1-c1cc(C)cc(C)c1OCOC. The first-order chi connectivity index (χ1) is 9.13. The highest BCUT2D eigenvalue weighted by Gasteiger charge is 2.12. The molecule has 19 heavy (non-hydrogen) atoms. The van der Waals surface area contributed by atoms with E-state index in [1.54, 1.807) is 7.11 Å². The van der Waals surface area contributed by atoms with E-state index in [-0.39, 0.29) is 6.79 Å². The molecule has 0 saturated carbocycles. The maximum atomic E-state index is 6.06. The van der Waals surface area contributed by atoms with Crippen LogP contribution < -0.4 is 10.2 Å². The largest absolute Gasteiger partial charge is 0.467 e. The second-order valence-corrected chi connectivity index (χ2v) is 4.60. The van der Waals surface area contributed by atoms with Crippen LogP contribution in [0, 0.1) is 13.8 Å². The van der Waals surface area contributed by atoms with Crippen molar-refractivity contribution < 1.29 is 9.47 Å². The Balaban J connectivity index is 2.57. The Labute approximate surface area is 115 Å². The monoisotopic (exact) mass is 252 g/mol. The molecule has 2 aromatic rings. The van der Waals surface area contributed by atoms with Gasteiger partial charge in [0.15, 0.2) is 6.79 Å². The summed E-state index contributed by atoms with van der Waals surface area (Å²) >= 11 is 0. The molecule has 0 aliphatic rings. The molecule has 3 heteroatoms. The minimum Gasteiger partial charge on any atom is -0.467 e. The highest BCUT2D eigenvalue weighted by Crippen LogP contribution is 2.33. The van der Waals surface area contributed by atoms with Crippen LogP contribution in [0.5, 0.6) is 5.75 Å². The van der Waals surface area contributed by atoms with Crippen LogP contribution in [0.2, 0.25) is 0 Å². The highest BCUT2D eigenvalue weighted by atomic mass is 16.7. The Morgan fingerprint density at radius 1 is 1.05 bits per heavy atom. The van der Waals surface area contributed by atoms with Crippen molar-refractivity contribution in [1.82, 2.24) is 0 Å². The van der Waals surface area contributed by atoms with E-state index in [0.29, 0.717) is 0 Å². The summed E-state index contributed by atoms with van der Waals surface area (Å²) < 4.78 is 10.7. The van der Waals surface area contributed by atoms with E-state index in [2.05, 4.69) is 19.1 Å².